The van der Waals surface area contributed by atoms with E-state index < -0.39 is 0 Å². The van der Waals surface area contributed by atoms with Gasteiger partial charge in [-0.05, 0) is 54.8 Å². The fraction of sp³-hybridized carbons (Fsp3) is 0.538. The first-order valence-electron chi connectivity index (χ1n) is 12.0. The van der Waals surface area contributed by atoms with Crippen LogP contribution < -0.4 is 10.1 Å². The first-order chi connectivity index (χ1) is 15.9. The Morgan fingerprint density at radius 1 is 1.24 bits per heavy atom. The molecule has 6 nitrogen and oxygen atoms in total. The van der Waals surface area contributed by atoms with Gasteiger partial charge in [0.25, 0.3) is 0 Å². The van der Waals surface area contributed by atoms with Crippen molar-refractivity contribution in [2.24, 2.45) is 5.92 Å². The van der Waals surface area contributed by atoms with E-state index in [4.69, 9.17) is 4.74 Å². The zero-order chi connectivity index (χ0) is 23.8. The van der Waals surface area contributed by atoms with Crippen molar-refractivity contribution in [2.75, 3.05) is 32.8 Å². The molecular formula is C26H37N3O3S. The van der Waals surface area contributed by atoms with Gasteiger partial charge in [-0.1, -0.05) is 44.9 Å². The van der Waals surface area contributed by atoms with Gasteiger partial charge >= 0.3 is 6.03 Å². The average Bonchev–Trinajstić information content (AvgIpc) is 3.30. The highest BCUT2D eigenvalue weighted by Gasteiger charge is 2.33. The molecule has 0 bridgehead atoms. The highest BCUT2D eigenvalue weighted by atomic mass is 32.1. The summed E-state index contributed by atoms with van der Waals surface area (Å²) < 4.78 is 6.11. The van der Waals surface area contributed by atoms with E-state index >= 15 is 0 Å². The molecule has 33 heavy (non-hydrogen) atoms. The molecule has 0 spiro atoms. The molecule has 0 unspecified atom stereocenters. The second-order valence-electron chi connectivity index (χ2n) is 8.90. The summed E-state index contributed by atoms with van der Waals surface area (Å²) in [5, 5.41) is 5.03. The van der Waals surface area contributed by atoms with Crippen molar-refractivity contribution in [3.05, 3.63) is 51.7 Å². The van der Waals surface area contributed by atoms with Crippen LogP contribution in [0.5, 0.6) is 5.75 Å². The second-order valence-corrected chi connectivity index (χ2v) is 9.90. The number of amides is 3. The van der Waals surface area contributed by atoms with E-state index in [0.29, 0.717) is 32.2 Å². The maximum absolute atomic E-state index is 13.5. The van der Waals surface area contributed by atoms with Gasteiger partial charge in [-0.3, -0.25) is 4.79 Å². The number of hydrogen-bond donors (Lipinski definition) is 1. The third-order valence-electron chi connectivity index (χ3n) is 6.21. The molecular weight excluding hydrogens is 434 g/mol. The summed E-state index contributed by atoms with van der Waals surface area (Å²) in [6.07, 6.45) is 2.66. The van der Waals surface area contributed by atoms with Gasteiger partial charge in [-0.2, -0.15) is 0 Å². The molecule has 1 aromatic heterocycles. The molecule has 1 aromatic carbocycles. The fourth-order valence-electron chi connectivity index (χ4n) is 4.01. The van der Waals surface area contributed by atoms with Crippen molar-refractivity contribution >= 4 is 23.3 Å². The van der Waals surface area contributed by atoms with Crippen molar-refractivity contribution in [1.82, 2.24) is 15.1 Å². The number of carbonyl (C=O) groups excluding carboxylic acids is 2. The molecule has 3 rings (SSSR count). The zero-order valence-corrected chi connectivity index (χ0v) is 21.1. The van der Waals surface area contributed by atoms with E-state index in [1.54, 1.807) is 16.2 Å². The summed E-state index contributed by atoms with van der Waals surface area (Å²) in [5.74, 6) is 1.10. The number of carbonyl (C=O) groups is 2. The van der Waals surface area contributed by atoms with Gasteiger partial charge in [0, 0.05) is 24.5 Å². The monoisotopic (exact) mass is 471 g/mol. The Morgan fingerprint density at radius 3 is 2.70 bits per heavy atom. The van der Waals surface area contributed by atoms with Gasteiger partial charge in [-0.25, -0.2) is 4.79 Å². The van der Waals surface area contributed by atoms with Gasteiger partial charge in [-0.15, -0.1) is 11.3 Å². The van der Waals surface area contributed by atoms with Crippen LogP contribution in [0, 0.1) is 12.8 Å². The fourth-order valence-corrected chi connectivity index (χ4v) is 4.93. The van der Waals surface area contributed by atoms with Crippen molar-refractivity contribution in [1.29, 1.82) is 0 Å². The molecule has 0 saturated heterocycles. The summed E-state index contributed by atoms with van der Waals surface area (Å²) in [5.41, 5.74) is 2.34. The Kier molecular flexibility index (Phi) is 9.18. The normalized spacial score (nSPS) is 16.1. The Labute approximate surface area is 201 Å². The first kappa shape index (κ1) is 25.1. The molecule has 1 aliphatic rings. The topological polar surface area (TPSA) is 61.9 Å². The number of nitrogens with zero attached hydrogens (tertiary/aromatic N) is 2. The lowest BCUT2D eigenvalue weighted by atomic mass is 10.00. The smallest absolute Gasteiger partial charge is 0.317 e. The van der Waals surface area contributed by atoms with Gasteiger partial charge in [0.1, 0.15) is 18.9 Å². The van der Waals surface area contributed by atoms with E-state index in [0.717, 1.165) is 30.6 Å². The van der Waals surface area contributed by atoms with Crippen LogP contribution in [0.1, 0.15) is 55.7 Å². The Balaban J connectivity index is 1.74. The van der Waals surface area contributed by atoms with Crippen LogP contribution in [0.2, 0.25) is 0 Å². The second kappa shape index (κ2) is 12.1. The number of hydrogen-bond acceptors (Lipinski definition) is 4. The third kappa shape index (κ3) is 6.73. The van der Waals surface area contributed by atoms with Gasteiger partial charge in [0.2, 0.25) is 5.91 Å². The van der Waals surface area contributed by atoms with Gasteiger partial charge in [0.15, 0.2) is 0 Å². The van der Waals surface area contributed by atoms with Crippen LogP contribution in [-0.4, -0.2) is 54.5 Å². The number of ether oxygens (including phenoxy) is 1. The van der Waals surface area contributed by atoms with Crippen molar-refractivity contribution in [3.63, 3.8) is 0 Å². The molecule has 2 heterocycles. The van der Waals surface area contributed by atoms with Crippen molar-refractivity contribution < 1.29 is 14.3 Å². The van der Waals surface area contributed by atoms with Gasteiger partial charge < -0.3 is 19.9 Å². The molecule has 0 aliphatic carbocycles. The largest absolute Gasteiger partial charge is 0.491 e. The molecule has 0 radical (unpaired) electrons. The molecule has 2 aromatic rings. The van der Waals surface area contributed by atoms with Crippen molar-refractivity contribution in [3.8, 4) is 5.75 Å². The number of urea groups is 1. The highest BCUT2D eigenvalue weighted by Crippen LogP contribution is 2.34. The number of fused-ring (bicyclic) bond motifs is 1. The molecule has 180 valence electrons. The lowest BCUT2D eigenvalue weighted by Crippen LogP contribution is -2.50. The summed E-state index contributed by atoms with van der Waals surface area (Å²) in [6, 6.07) is 9.76. The molecule has 1 N–H and O–H groups in total. The highest BCUT2D eigenvalue weighted by molar-refractivity contribution is 7.10. The van der Waals surface area contributed by atoms with E-state index in [9.17, 15) is 9.59 Å². The lowest BCUT2D eigenvalue weighted by Gasteiger charge is -2.37. The summed E-state index contributed by atoms with van der Waals surface area (Å²) in [6.45, 7) is 10.6. The number of rotatable bonds is 10. The van der Waals surface area contributed by atoms with Crippen LogP contribution >= 0.6 is 11.3 Å². The summed E-state index contributed by atoms with van der Waals surface area (Å²) in [7, 11) is 0. The number of aryl methyl sites for hydroxylation is 1. The standard InChI is InChI=1S/C26H37N3O3S/c1-5-13-27-26(31)28(16-19(3)6-2)17-25(30)29-14-11-24-22(12-15-33-24)23(29)18-32-21-9-7-20(4)8-10-21/h7-10,12,15,19,23H,5-6,11,13-14,16-18H2,1-4H3,(H,27,31)/t19-,23-/m1/s1. The molecule has 3 amide bonds. The SMILES string of the molecule is CCCNC(=O)N(CC(=O)N1CCc2sccc2[C@H]1COc1ccc(C)cc1)C[C@H](C)CC. The first-order valence-corrected chi connectivity index (χ1v) is 12.9. The number of benzene rings is 1. The van der Waals surface area contributed by atoms with E-state index in [-0.39, 0.29) is 24.5 Å². The summed E-state index contributed by atoms with van der Waals surface area (Å²) in [4.78, 5) is 31.2. The average molecular weight is 472 g/mol. The minimum atomic E-state index is -0.161. The van der Waals surface area contributed by atoms with Crippen LogP contribution in [0.25, 0.3) is 0 Å². The predicted molar refractivity (Wildman–Crippen MR) is 134 cm³/mol. The molecule has 1 aliphatic heterocycles. The Morgan fingerprint density at radius 2 is 2.00 bits per heavy atom. The quantitative estimate of drug-likeness (QED) is 0.529. The minimum Gasteiger partial charge on any atom is -0.491 e. The van der Waals surface area contributed by atoms with E-state index in [1.807, 2.05) is 43.0 Å². The Bertz CT molecular complexity index is 912. The zero-order valence-electron chi connectivity index (χ0n) is 20.3. The minimum absolute atomic E-state index is 0.0284. The maximum Gasteiger partial charge on any atom is 0.317 e. The third-order valence-corrected chi connectivity index (χ3v) is 7.21. The van der Waals surface area contributed by atoms with Crippen molar-refractivity contribution in [2.45, 2.75) is 53.0 Å². The molecule has 2 atom stereocenters. The van der Waals surface area contributed by atoms with Gasteiger partial charge in [0.05, 0.1) is 6.04 Å². The van der Waals surface area contributed by atoms with Crippen LogP contribution in [0.3, 0.4) is 0 Å². The van der Waals surface area contributed by atoms with Crippen LogP contribution in [0.15, 0.2) is 35.7 Å². The van der Waals surface area contributed by atoms with Crippen LogP contribution in [0.4, 0.5) is 4.79 Å². The Hall–Kier alpha value is -2.54. The molecule has 7 heteroatoms. The maximum atomic E-state index is 13.5. The van der Waals surface area contributed by atoms with E-state index in [2.05, 4.69) is 30.6 Å². The number of thiophene rings is 1. The number of nitrogens with one attached hydrogen (secondary N) is 1. The summed E-state index contributed by atoms with van der Waals surface area (Å²) >= 11 is 1.74. The van der Waals surface area contributed by atoms with E-state index in [1.165, 1.54) is 10.4 Å². The molecule has 0 fully saturated rings. The van der Waals surface area contributed by atoms with Crippen LogP contribution in [-0.2, 0) is 11.2 Å². The lowest BCUT2D eigenvalue weighted by molar-refractivity contribution is -0.135. The predicted octanol–water partition coefficient (Wildman–Crippen LogP) is 5.03. The molecule has 0 saturated carbocycles.